The van der Waals surface area contributed by atoms with Gasteiger partial charge in [-0.1, -0.05) is 58.1 Å². The molecule has 0 amide bonds. The van der Waals surface area contributed by atoms with E-state index in [9.17, 15) is 20.1 Å². The first kappa shape index (κ1) is 38.8. The molecule has 8 unspecified atom stereocenters. The lowest BCUT2D eigenvalue weighted by molar-refractivity contribution is -0.340. The first-order valence-electron chi connectivity index (χ1n) is 19.0. The average molecular weight is 717 g/mol. The lowest BCUT2D eigenvalue weighted by Crippen LogP contribution is -2.58. The Kier molecular flexibility index (Phi) is 11.7. The van der Waals surface area contributed by atoms with E-state index in [2.05, 4.69) is 33.8 Å². The molecule has 1 aliphatic carbocycles. The van der Waals surface area contributed by atoms with Crippen molar-refractivity contribution in [2.24, 2.45) is 23.7 Å². The van der Waals surface area contributed by atoms with Crippen LogP contribution in [0, 0.1) is 23.7 Å². The van der Waals surface area contributed by atoms with Crippen LogP contribution in [0.2, 0.25) is 0 Å². The quantitative estimate of drug-likeness (QED) is 0.276. The number of fused-ring (bicyclic) bond motifs is 2. The number of esters is 1. The summed E-state index contributed by atoms with van der Waals surface area (Å²) < 4.78 is 44.4. The van der Waals surface area contributed by atoms with Crippen molar-refractivity contribution in [3.05, 3.63) is 47.1 Å². The van der Waals surface area contributed by atoms with Gasteiger partial charge in [0.25, 0.3) is 0 Å². The molecule has 5 heterocycles. The van der Waals surface area contributed by atoms with Crippen molar-refractivity contribution < 1.29 is 53.3 Å². The molecule has 2 bridgehead atoms. The highest BCUT2D eigenvalue weighted by Crippen LogP contribution is 2.48. The van der Waals surface area contributed by atoms with Gasteiger partial charge < -0.3 is 48.5 Å². The number of aliphatic hydroxyl groups is 3. The molecule has 15 atom stereocenters. The fourth-order valence-corrected chi connectivity index (χ4v) is 9.15. The Morgan fingerprint density at radius 3 is 2.53 bits per heavy atom. The summed E-state index contributed by atoms with van der Waals surface area (Å²) in [6.45, 7) is 14.2. The fraction of sp³-hybridized carbons (Fsp3) is 0.775. The largest absolute Gasteiger partial charge is 0.462 e. The highest BCUT2D eigenvalue weighted by Gasteiger charge is 2.60. The second kappa shape index (κ2) is 15.4. The smallest absolute Gasteiger partial charge is 0.316 e. The number of carbonyl (C=O) groups is 1. The molecule has 1 spiro atoms. The first-order chi connectivity index (χ1) is 24.2. The van der Waals surface area contributed by atoms with E-state index < -0.39 is 72.3 Å². The van der Waals surface area contributed by atoms with E-state index in [1.54, 1.807) is 26.2 Å². The van der Waals surface area contributed by atoms with Crippen molar-refractivity contribution in [2.75, 3.05) is 13.7 Å². The Balaban J connectivity index is 1.37. The topological polar surface area (TPSA) is 142 Å². The SMILES string of the molecule is COC1CC(O[C@@H]2/C(C)=C/C[C@@H]3CC(C[C@]4(CC[C@H](C)C(C(C)C)O4)O3)OC(=O)C3C=C(C)C(O)[C@H]4OC/C(=C\C=C\[C@@H]2C)[C@@]34O)OC(C)C1O. The molecule has 4 saturated heterocycles. The van der Waals surface area contributed by atoms with Gasteiger partial charge in [-0.2, -0.15) is 0 Å². The number of carbonyl (C=O) groups excluding carboxylic acids is 1. The van der Waals surface area contributed by atoms with Crippen LogP contribution in [0.1, 0.15) is 87.0 Å². The predicted molar refractivity (Wildman–Crippen MR) is 188 cm³/mol. The second-order valence-corrected chi connectivity index (χ2v) is 16.3. The molecule has 0 saturated carbocycles. The van der Waals surface area contributed by atoms with Crippen molar-refractivity contribution in [1.82, 2.24) is 0 Å². The van der Waals surface area contributed by atoms with Gasteiger partial charge in [0, 0.05) is 38.7 Å². The van der Waals surface area contributed by atoms with Gasteiger partial charge in [0.2, 0.25) is 0 Å². The molecule has 0 aromatic heterocycles. The van der Waals surface area contributed by atoms with E-state index in [4.69, 9.17) is 33.2 Å². The number of rotatable bonds is 4. The van der Waals surface area contributed by atoms with Crippen LogP contribution in [0.3, 0.4) is 0 Å². The summed E-state index contributed by atoms with van der Waals surface area (Å²) in [7, 11) is 1.58. The lowest BCUT2D eigenvalue weighted by atomic mass is 9.71. The maximum atomic E-state index is 14.2. The molecule has 286 valence electrons. The van der Waals surface area contributed by atoms with Crippen molar-refractivity contribution >= 4 is 5.97 Å². The first-order valence-corrected chi connectivity index (χ1v) is 19.0. The average Bonchev–Trinajstić information content (AvgIpc) is 3.42. The van der Waals surface area contributed by atoms with Crippen LogP contribution in [-0.4, -0.2) is 108 Å². The number of methoxy groups -OCH3 is 1. The van der Waals surface area contributed by atoms with Crippen LogP contribution in [0.25, 0.3) is 0 Å². The predicted octanol–water partition coefficient (Wildman–Crippen LogP) is 4.68. The van der Waals surface area contributed by atoms with E-state index in [0.717, 1.165) is 12.0 Å². The maximum Gasteiger partial charge on any atom is 0.316 e. The molecule has 6 aliphatic rings. The van der Waals surface area contributed by atoms with Crippen molar-refractivity contribution in [1.29, 1.82) is 0 Å². The Labute approximate surface area is 303 Å². The van der Waals surface area contributed by atoms with Crippen LogP contribution in [0.15, 0.2) is 47.1 Å². The third kappa shape index (κ3) is 7.71. The number of hydrogen-bond acceptors (Lipinski definition) is 11. The highest BCUT2D eigenvalue weighted by molar-refractivity contribution is 5.78. The zero-order valence-electron chi connectivity index (χ0n) is 31.5. The van der Waals surface area contributed by atoms with E-state index in [1.807, 2.05) is 26.0 Å². The standard InChI is InChI=1S/C40H60O11/c1-21(2)35-24(5)14-15-39(51-35)19-29-17-28(50-39)13-12-23(4)36(49-32-18-31(45-8)34(42)26(7)47-32)22(3)10-9-11-27-20-46-37-33(41)25(6)16-30(38(43)48-29)40(27,37)44/h9-12,16,21-22,24,26,28-37,41-42,44H,13-15,17-20H2,1-8H3/b10-9+,23-12+,27-11+/t22-,24-,26?,28+,29?,30?,31?,32?,33?,34?,35?,36-,37+,39+,40+/m0/s1. The highest BCUT2D eigenvalue weighted by atomic mass is 16.7. The monoisotopic (exact) mass is 716 g/mol. The molecular formula is C40H60O11. The van der Waals surface area contributed by atoms with Crippen LogP contribution >= 0.6 is 0 Å². The zero-order chi connectivity index (χ0) is 36.8. The molecule has 51 heavy (non-hydrogen) atoms. The second-order valence-electron chi connectivity index (χ2n) is 16.3. The zero-order valence-corrected chi connectivity index (χ0v) is 31.5. The molecule has 4 fully saturated rings. The minimum atomic E-state index is -1.80. The minimum Gasteiger partial charge on any atom is -0.462 e. The van der Waals surface area contributed by atoms with Crippen molar-refractivity contribution in [3.8, 4) is 0 Å². The third-order valence-corrected chi connectivity index (χ3v) is 12.2. The van der Waals surface area contributed by atoms with Crippen LogP contribution in [0.4, 0.5) is 0 Å². The molecule has 11 nitrogen and oxygen atoms in total. The van der Waals surface area contributed by atoms with E-state index >= 15 is 0 Å². The van der Waals surface area contributed by atoms with Gasteiger partial charge in [0.05, 0.1) is 37.1 Å². The van der Waals surface area contributed by atoms with Crippen LogP contribution in [0.5, 0.6) is 0 Å². The number of hydrogen-bond donors (Lipinski definition) is 3. The minimum absolute atomic E-state index is 0.00282. The Hall–Kier alpha value is -1.93. The lowest BCUT2D eigenvalue weighted by Gasteiger charge is -2.50. The summed E-state index contributed by atoms with van der Waals surface area (Å²) in [5.74, 6) is -2.03. The van der Waals surface area contributed by atoms with Gasteiger partial charge >= 0.3 is 5.97 Å². The van der Waals surface area contributed by atoms with Crippen LogP contribution in [-0.2, 0) is 38.0 Å². The normalized spacial score (nSPS) is 49.3. The summed E-state index contributed by atoms with van der Waals surface area (Å²) >= 11 is 0. The summed E-state index contributed by atoms with van der Waals surface area (Å²) in [6.07, 6.45) is 7.22. The van der Waals surface area contributed by atoms with E-state index in [1.165, 1.54) is 0 Å². The molecule has 0 radical (unpaired) electrons. The summed E-state index contributed by atoms with van der Waals surface area (Å²) in [5, 5.41) is 34.0. The molecule has 0 aromatic rings. The molecule has 0 aromatic carbocycles. The maximum absolute atomic E-state index is 14.2. The summed E-state index contributed by atoms with van der Waals surface area (Å²) in [6, 6.07) is 0. The molecule has 11 heteroatoms. The number of allylic oxidation sites excluding steroid dienone is 2. The third-order valence-electron chi connectivity index (χ3n) is 12.2. The van der Waals surface area contributed by atoms with Gasteiger partial charge in [-0.3, -0.25) is 4.79 Å². The molecule has 5 aliphatic heterocycles. The van der Waals surface area contributed by atoms with Crippen molar-refractivity contribution in [3.63, 3.8) is 0 Å². The molecular weight excluding hydrogens is 656 g/mol. The van der Waals surface area contributed by atoms with Gasteiger partial charge in [-0.25, -0.2) is 0 Å². The summed E-state index contributed by atoms with van der Waals surface area (Å²) in [4.78, 5) is 14.2. The number of ether oxygens (including phenoxy) is 7. The van der Waals surface area contributed by atoms with Gasteiger partial charge in [0.15, 0.2) is 12.1 Å². The Morgan fingerprint density at radius 1 is 1.04 bits per heavy atom. The van der Waals surface area contributed by atoms with E-state index in [0.29, 0.717) is 49.2 Å². The fourth-order valence-electron chi connectivity index (χ4n) is 9.15. The van der Waals surface area contributed by atoms with Crippen molar-refractivity contribution in [2.45, 2.75) is 160 Å². The Bertz CT molecular complexity index is 1390. The summed E-state index contributed by atoms with van der Waals surface area (Å²) in [5.41, 5.74) is 0.234. The van der Waals surface area contributed by atoms with Gasteiger partial charge in [0.1, 0.15) is 35.9 Å². The van der Waals surface area contributed by atoms with Crippen LogP contribution < -0.4 is 0 Å². The van der Waals surface area contributed by atoms with Gasteiger partial charge in [-0.05, 0) is 62.2 Å². The molecule has 3 N–H and O–H groups in total. The Morgan fingerprint density at radius 2 is 1.80 bits per heavy atom. The van der Waals surface area contributed by atoms with Gasteiger partial charge in [-0.15, -0.1) is 0 Å². The number of aliphatic hydroxyl groups excluding tert-OH is 2. The van der Waals surface area contributed by atoms with E-state index in [-0.39, 0.29) is 30.7 Å². The molecule has 6 rings (SSSR count).